The number of urea groups is 1. The van der Waals surface area contributed by atoms with Crippen LogP contribution in [-0.2, 0) is 0 Å². The minimum Gasteiger partial charge on any atom is -0.497 e. The second kappa shape index (κ2) is 13.2. The van der Waals surface area contributed by atoms with Crippen LogP contribution < -0.4 is 19.6 Å². The molecule has 5 aromatic rings. The smallest absolute Gasteiger partial charge is 0.497 e. The molecular weight excluding hydrogens is 605 g/mol. The molecular formula is C32H29F3N6O3S. The van der Waals surface area contributed by atoms with Gasteiger partial charge in [-0.2, -0.15) is 4.99 Å². The third kappa shape index (κ3) is 7.68. The van der Waals surface area contributed by atoms with E-state index in [2.05, 4.69) is 39.0 Å². The summed E-state index contributed by atoms with van der Waals surface area (Å²) in [6.45, 7) is 6.19. The number of nitrogens with one attached hydrogen (secondary N) is 1. The molecule has 2 heterocycles. The number of hydrogen-bond donors (Lipinski definition) is 1. The lowest BCUT2D eigenvalue weighted by Gasteiger charge is -2.16. The van der Waals surface area contributed by atoms with E-state index >= 15 is 0 Å². The van der Waals surface area contributed by atoms with Crippen molar-refractivity contribution in [1.29, 1.82) is 0 Å². The van der Waals surface area contributed by atoms with E-state index in [1.807, 2.05) is 59.3 Å². The largest absolute Gasteiger partial charge is 0.573 e. The lowest BCUT2D eigenvalue weighted by atomic mass is 10.0. The molecule has 0 radical (unpaired) electrons. The van der Waals surface area contributed by atoms with Crippen LogP contribution in [0, 0.1) is 6.92 Å². The number of aromatic nitrogens is 4. The number of aryl methyl sites for hydroxylation is 1. The topological polar surface area (TPSA) is 95.6 Å². The van der Waals surface area contributed by atoms with Gasteiger partial charge in [0.1, 0.15) is 17.8 Å². The fraction of sp³-hybridized carbons (Fsp3) is 0.188. The van der Waals surface area contributed by atoms with Gasteiger partial charge in [0.15, 0.2) is 10.6 Å². The summed E-state index contributed by atoms with van der Waals surface area (Å²) in [6, 6.07) is 18.0. The van der Waals surface area contributed by atoms with Crippen LogP contribution >= 0.6 is 11.3 Å². The van der Waals surface area contributed by atoms with Gasteiger partial charge >= 0.3 is 12.4 Å². The summed E-state index contributed by atoms with van der Waals surface area (Å²) < 4.78 is 50.0. The fourth-order valence-electron chi connectivity index (χ4n) is 4.49. The minimum absolute atomic E-state index is 0.252. The van der Waals surface area contributed by atoms with Gasteiger partial charge in [-0.05, 0) is 60.4 Å². The number of ether oxygens (including phenoxy) is 2. The average molecular weight is 635 g/mol. The maximum absolute atomic E-state index is 12.7. The number of nitrogens with zero attached hydrogens (tertiary/aromatic N) is 5. The van der Waals surface area contributed by atoms with E-state index in [-0.39, 0.29) is 11.7 Å². The van der Waals surface area contributed by atoms with Crippen LogP contribution in [0.2, 0.25) is 0 Å². The van der Waals surface area contributed by atoms with Gasteiger partial charge in [-0.1, -0.05) is 44.2 Å². The summed E-state index contributed by atoms with van der Waals surface area (Å²) in [4.78, 5) is 21.9. The Bertz CT molecular complexity index is 1890. The molecule has 3 aromatic carbocycles. The number of hydrogen-bond acceptors (Lipinski definition) is 6. The van der Waals surface area contributed by atoms with E-state index in [1.54, 1.807) is 13.2 Å². The molecule has 2 amide bonds. The molecule has 232 valence electrons. The lowest BCUT2D eigenvalue weighted by molar-refractivity contribution is -0.274. The van der Waals surface area contributed by atoms with Crippen LogP contribution in [0.3, 0.4) is 0 Å². The van der Waals surface area contributed by atoms with E-state index in [1.165, 1.54) is 52.8 Å². The van der Waals surface area contributed by atoms with Gasteiger partial charge < -0.3 is 14.8 Å². The maximum atomic E-state index is 12.7. The van der Waals surface area contributed by atoms with E-state index in [9.17, 15) is 18.0 Å². The van der Waals surface area contributed by atoms with Gasteiger partial charge in [-0.25, -0.2) is 14.5 Å². The highest BCUT2D eigenvalue weighted by atomic mass is 32.1. The molecule has 0 atom stereocenters. The number of rotatable bonds is 8. The standard InChI is InChI=1S/C32H29F3N6O3S/c1-20(2)27-14-13-26(43-4)17-28(27)41-21(3)18-45-31(41)38-30(42)36-16-15-22-5-7-23(8-6-22)29-37-19-40(39-29)24-9-11-25(12-10-24)44-32(33,34)35/h5-20H,1-4H3,(H,36,42)/b16-15+,38-31?. The highest BCUT2D eigenvalue weighted by Crippen LogP contribution is 2.28. The van der Waals surface area contributed by atoms with Crippen molar-refractivity contribution in [3.63, 3.8) is 0 Å². The van der Waals surface area contributed by atoms with Crippen LogP contribution in [0.15, 0.2) is 89.6 Å². The van der Waals surface area contributed by atoms with E-state index < -0.39 is 12.4 Å². The van der Waals surface area contributed by atoms with Crippen molar-refractivity contribution in [3.8, 4) is 34.3 Å². The zero-order valence-electron chi connectivity index (χ0n) is 24.7. The van der Waals surface area contributed by atoms with Crippen molar-refractivity contribution in [2.45, 2.75) is 33.1 Å². The molecule has 13 heteroatoms. The Labute approximate surface area is 260 Å². The number of carbonyl (C=O) groups excluding carboxylic acids is 1. The van der Waals surface area contributed by atoms with Crippen LogP contribution in [0.25, 0.3) is 28.8 Å². The molecule has 0 aliphatic carbocycles. The van der Waals surface area contributed by atoms with Crippen LogP contribution in [0.4, 0.5) is 18.0 Å². The number of methoxy groups -OCH3 is 1. The molecule has 0 bridgehead atoms. The van der Waals surface area contributed by atoms with Gasteiger partial charge in [-0.15, -0.1) is 29.6 Å². The number of thiazole rings is 1. The maximum Gasteiger partial charge on any atom is 0.573 e. The number of alkyl halides is 3. The van der Waals surface area contributed by atoms with Gasteiger partial charge in [0.25, 0.3) is 0 Å². The Morgan fingerprint density at radius 1 is 1.04 bits per heavy atom. The zero-order valence-corrected chi connectivity index (χ0v) is 25.6. The second-order valence-electron chi connectivity index (χ2n) is 10.1. The van der Waals surface area contributed by atoms with Gasteiger partial charge in [0.2, 0.25) is 0 Å². The van der Waals surface area contributed by atoms with Gasteiger partial charge in [0.05, 0.1) is 18.5 Å². The summed E-state index contributed by atoms with van der Waals surface area (Å²) in [5, 5.41) is 9.06. The predicted octanol–water partition coefficient (Wildman–Crippen LogP) is 7.41. The van der Waals surface area contributed by atoms with Gasteiger partial charge in [0, 0.05) is 28.9 Å². The monoisotopic (exact) mass is 634 g/mol. The first-order valence-corrected chi connectivity index (χ1v) is 14.6. The van der Waals surface area contributed by atoms with Crippen molar-refractivity contribution in [1.82, 2.24) is 24.6 Å². The van der Waals surface area contributed by atoms with Crippen LogP contribution in [-0.4, -0.2) is 38.8 Å². The van der Waals surface area contributed by atoms with Crippen LogP contribution in [0.5, 0.6) is 11.5 Å². The normalized spacial score (nSPS) is 12.2. The van der Waals surface area contributed by atoms with Crippen molar-refractivity contribution >= 4 is 23.4 Å². The second-order valence-corrected chi connectivity index (χ2v) is 11.0. The molecule has 0 unspecified atom stereocenters. The summed E-state index contributed by atoms with van der Waals surface area (Å²) in [5.74, 6) is 1.08. The third-order valence-electron chi connectivity index (χ3n) is 6.65. The minimum atomic E-state index is -4.76. The summed E-state index contributed by atoms with van der Waals surface area (Å²) >= 11 is 1.38. The number of amides is 2. The summed E-state index contributed by atoms with van der Waals surface area (Å²) in [5.41, 5.74) is 5.05. The molecule has 9 nitrogen and oxygen atoms in total. The number of carbonyl (C=O) groups is 1. The molecule has 0 spiro atoms. The first-order chi connectivity index (χ1) is 21.5. The molecule has 0 saturated heterocycles. The van der Waals surface area contributed by atoms with E-state index in [4.69, 9.17) is 4.74 Å². The van der Waals surface area contributed by atoms with Crippen molar-refractivity contribution in [3.05, 3.63) is 106 Å². The summed E-state index contributed by atoms with van der Waals surface area (Å²) in [6.07, 6.45) is -0.0262. The molecule has 5 rings (SSSR count). The van der Waals surface area contributed by atoms with Crippen molar-refractivity contribution < 1.29 is 27.4 Å². The van der Waals surface area contributed by atoms with E-state index in [0.29, 0.717) is 22.1 Å². The first-order valence-electron chi connectivity index (χ1n) is 13.8. The molecule has 0 saturated carbocycles. The van der Waals surface area contributed by atoms with Crippen molar-refractivity contribution in [2.75, 3.05) is 7.11 Å². The average Bonchev–Trinajstić information content (AvgIpc) is 3.64. The van der Waals surface area contributed by atoms with Gasteiger partial charge in [-0.3, -0.25) is 4.57 Å². The lowest BCUT2D eigenvalue weighted by Crippen LogP contribution is -2.22. The Kier molecular flexibility index (Phi) is 9.18. The van der Waals surface area contributed by atoms with Crippen LogP contribution in [0.1, 0.15) is 36.6 Å². The molecule has 45 heavy (non-hydrogen) atoms. The Morgan fingerprint density at radius 2 is 1.76 bits per heavy atom. The van der Waals surface area contributed by atoms with Crippen molar-refractivity contribution in [2.24, 2.45) is 4.99 Å². The fourth-order valence-corrected chi connectivity index (χ4v) is 5.35. The number of halogens is 3. The summed E-state index contributed by atoms with van der Waals surface area (Å²) in [7, 11) is 1.62. The molecule has 0 fully saturated rings. The predicted molar refractivity (Wildman–Crippen MR) is 166 cm³/mol. The zero-order chi connectivity index (χ0) is 32.1. The molecule has 0 aliphatic rings. The first kappa shape index (κ1) is 31.3. The number of benzene rings is 3. The molecule has 1 N–H and O–H groups in total. The highest BCUT2D eigenvalue weighted by molar-refractivity contribution is 7.07. The molecule has 2 aromatic heterocycles. The highest BCUT2D eigenvalue weighted by Gasteiger charge is 2.31. The Morgan fingerprint density at radius 3 is 2.42 bits per heavy atom. The quantitative estimate of drug-likeness (QED) is 0.192. The molecule has 0 aliphatic heterocycles. The third-order valence-corrected chi connectivity index (χ3v) is 7.60. The SMILES string of the molecule is COc1ccc(C(C)C)c(-n2c(C)csc2=NC(=O)N/C=C/c2ccc(-c3ncn(-c4ccc(OC(F)(F)F)cc4)n3)cc2)c1. The Hall–Kier alpha value is -5.17. The van der Waals surface area contributed by atoms with E-state index in [0.717, 1.165) is 28.1 Å². The Balaban J connectivity index is 1.25.